The predicted octanol–water partition coefficient (Wildman–Crippen LogP) is 2.85. The summed E-state index contributed by atoms with van der Waals surface area (Å²) in [4.78, 5) is 4.46. The number of aliphatic imine (C=N–C) groups is 1. The number of ether oxygens (including phenoxy) is 1. The number of hydrogen-bond acceptors (Lipinski definition) is 2. The molecule has 0 saturated heterocycles. The topological polar surface area (TPSA) is 45.7 Å². The van der Waals surface area contributed by atoms with Gasteiger partial charge in [0.25, 0.3) is 0 Å². The van der Waals surface area contributed by atoms with Crippen molar-refractivity contribution in [2.24, 2.45) is 4.99 Å². The first-order valence-electron chi connectivity index (χ1n) is 6.71. The highest BCUT2D eigenvalue weighted by atomic mass is 35.5. The summed E-state index contributed by atoms with van der Waals surface area (Å²) in [5.41, 5.74) is 0. The van der Waals surface area contributed by atoms with Gasteiger partial charge in [-0.15, -0.1) is 6.58 Å². The molecule has 0 radical (unpaired) electrons. The van der Waals surface area contributed by atoms with Gasteiger partial charge in [0.05, 0.1) is 11.6 Å². The van der Waals surface area contributed by atoms with Gasteiger partial charge in [-0.2, -0.15) is 0 Å². The van der Waals surface area contributed by atoms with Gasteiger partial charge in [0.1, 0.15) is 11.9 Å². The van der Waals surface area contributed by atoms with Crippen LogP contribution in [0.25, 0.3) is 0 Å². The fourth-order valence-electron chi connectivity index (χ4n) is 1.52. The molecule has 1 aromatic carbocycles. The first kappa shape index (κ1) is 16.4. The highest BCUT2D eigenvalue weighted by molar-refractivity contribution is 6.32. The molecule has 2 N–H and O–H groups in total. The normalized spacial score (nSPS) is 12.7. The average Bonchev–Trinajstić information content (AvgIpc) is 2.44. The Labute approximate surface area is 125 Å². The maximum Gasteiger partial charge on any atom is 0.191 e. The largest absolute Gasteiger partial charge is 0.487 e. The highest BCUT2D eigenvalue weighted by Crippen LogP contribution is 2.24. The standard InChI is InChI=1S/C15H22ClN3O/c1-4-10-18-15(17-5-2)19-11-12(3)20-14-9-7-6-8-13(14)16/h4,6-9,12H,1,5,10-11H2,2-3H3,(H2,17,18,19). The summed E-state index contributed by atoms with van der Waals surface area (Å²) in [7, 11) is 0. The second-order valence-corrected chi connectivity index (χ2v) is 4.66. The van der Waals surface area contributed by atoms with Crippen LogP contribution < -0.4 is 15.4 Å². The summed E-state index contributed by atoms with van der Waals surface area (Å²) >= 11 is 6.05. The van der Waals surface area contributed by atoms with E-state index in [0.717, 1.165) is 12.5 Å². The zero-order valence-electron chi connectivity index (χ0n) is 12.0. The van der Waals surface area contributed by atoms with Crippen LogP contribution in [-0.4, -0.2) is 31.7 Å². The Hall–Kier alpha value is -1.68. The smallest absolute Gasteiger partial charge is 0.191 e. The van der Waals surface area contributed by atoms with Crippen LogP contribution in [0.15, 0.2) is 41.9 Å². The van der Waals surface area contributed by atoms with E-state index in [9.17, 15) is 0 Å². The third kappa shape index (κ3) is 5.97. The zero-order chi connectivity index (χ0) is 14.8. The van der Waals surface area contributed by atoms with Gasteiger partial charge in [0.15, 0.2) is 5.96 Å². The molecule has 110 valence electrons. The molecule has 0 amide bonds. The molecule has 1 unspecified atom stereocenters. The summed E-state index contributed by atoms with van der Waals surface area (Å²) in [6.07, 6.45) is 1.73. The summed E-state index contributed by atoms with van der Waals surface area (Å²) in [6, 6.07) is 7.43. The van der Waals surface area contributed by atoms with E-state index in [0.29, 0.717) is 23.9 Å². The molecule has 0 bridgehead atoms. The molecule has 1 atom stereocenters. The lowest BCUT2D eigenvalue weighted by Gasteiger charge is -2.15. The minimum atomic E-state index is -0.0610. The van der Waals surface area contributed by atoms with Crippen molar-refractivity contribution in [3.05, 3.63) is 41.9 Å². The predicted molar refractivity (Wildman–Crippen MR) is 85.7 cm³/mol. The number of rotatable bonds is 7. The van der Waals surface area contributed by atoms with E-state index in [1.54, 1.807) is 6.08 Å². The van der Waals surface area contributed by atoms with Crippen LogP contribution in [0.2, 0.25) is 5.02 Å². The number of para-hydroxylation sites is 1. The molecule has 0 aliphatic heterocycles. The molecule has 0 fully saturated rings. The molecule has 0 saturated carbocycles. The van der Waals surface area contributed by atoms with E-state index in [1.807, 2.05) is 38.1 Å². The maximum atomic E-state index is 6.05. The van der Waals surface area contributed by atoms with E-state index in [1.165, 1.54) is 0 Å². The first-order chi connectivity index (χ1) is 9.67. The lowest BCUT2D eigenvalue weighted by atomic mass is 10.3. The van der Waals surface area contributed by atoms with Gasteiger partial charge < -0.3 is 15.4 Å². The number of guanidine groups is 1. The van der Waals surface area contributed by atoms with Gasteiger partial charge in [0.2, 0.25) is 0 Å². The molecule has 0 aromatic heterocycles. The Morgan fingerprint density at radius 3 is 2.85 bits per heavy atom. The molecule has 1 aromatic rings. The fraction of sp³-hybridized carbons (Fsp3) is 0.400. The maximum absolute atomic E-state index is 6.05. The van der Waals surface area contributed by atoms with Gasteiger partial charge in [-0.3, -0.25) is 0 Å². The Balaban J connectivity index is 2.53. The Kier molecular flexibility index (Phi) is 7.58. The molecule has 0 aliphatic rings. The molecule has 20 heavy (non-hydrogen) atoms. The van der Waals surface area contributed by atoms with E-state index in [4.69, 9.17) is 16.3 Å². The van der Waals surface area contributed by atoms with Gasteiger partial charge in [0, 0.05) is 13.1 Å². The second-order valence-electron chi connectivity index (χ2n) is 4.25. The Morgan fingerprint density at radius 1 is 1.45 bits per heavy atom. The van der Waals surface area contributed by atoms with Crippen molar-refractivity contribution in [1.29, 1.82) is 0 Å². The van der Waals surface area contributed by atoms with Crippen LogP contribution in [0.1, 0.15) is 13.8 Å². The fourth-order valence-corrected chi connectivity index (χ4v) is 1.71. The van der Waals surface area contributed by atoms with Crippen LogP contribution in [0, 0.1) is 0 Å². The minimum Gasteiger partial charge on any atom is -0.487 e. The molecule has 0 heterocycles. The number of nitrogens with zero attached hydrogens (tertiary/aromatic N) is 1. The number of hydrogen-bond donors (Lipinski definition) is 2. The Bertz CT molecular complexity index is 448. The highest BCUT2D eigenvalue weighted by Gasteiger charge is 2.06. The molecule has 5 heteroatoms. The zero-order valence-corrected chi connectivity index (χ0v) is 12.8. The van der Waals surface area contributed by atoms with Crippen LogP contribution in [0.3, 0.4) is 0 Å². The molecule has 0 spiro atoms. The number of benzene rings is 1. The van der Waals surface area contributed by atoms with E-state index >= 15 is 0 Å². The summed E-state index contributed by atoms with van der Waals surface area (Å²) < 4.78 is 5.76. The second kappa shape index (κ2) is 9.26. The first-order valence-corrected chi connectivity index (χ1v) is 7.09. The number of halogens is 1. The molecular weight excluding hydrogens is 274 g/mol. The quantitative estimate of drug-likeness (QED) is 0.462. The van der Waals surface area contributed by atoms with Crippen molar-refractivity contribution in [2.45, 2.75) is 20.0 Å². The van der Waals surface area contributed by atoms with Crippen molar-refractivity contribution in [3.63, 3.8) is 0 Å². The van der Waals surface area contributed by atoms with Crippen LogP contribution in [0.5, 0.6) is 5.75 Å². The third-order valence-electron chi connectivity index (χ3n) is 2.43. The van der Waals surface area contributed by atoms with Crippen molar-refractivity contribution < 1.29 is 4.74 Å². The van der Waals surface area contributed by atoms with E-state index < -0.39 is 0 Å². The molecule has 1 rings (SSSR count). The van der Waals surface area contributed by atoms with Crippen LogP contribution in [-0.2, 0) is 0 Å². The van der Waals surface area contributed by atoms with Crippen molar-refractivity contribution in [2.75, 3.05) is 19.6 Å². The number of nitrogens with one attached hydrogen (secondary N) is 2. The Morgan fingerprint density at radius 2 is 2.20 bits per heavy atom. The summed E-state index contributed by atoms with van der Waals surface area (Å²) in [5.74, 6) is 1.43. The van der Waals surface area contributed by atoms with Gasteiger partial charge in [-0.05, 0) is 26.0 Å². The van der Waals surface area contributed by atoms with Crippen molar-refractivity contribution in [3.8, 4) is 5.75 Å². The van der Waals surface area contributed by atoms with Crippen LogP contribution in [0.4, 0.5) is 0 Å². The lowest BCUT2D eigenvalue weighted by molar-refractivity contribution is 0.230. The van der Waals surface area contributed by atoms with E-state index in [2.05, 4.69) is 22.2 Å². The molecule has 4 nitrogen and oxygen atoms in total. The van der Waals surface area contributed by atoms with Crippen molar-refractivity contribution >= 4 is 17.6 Å². The average molecular weight is 296 g/mol. The SMILES string of the molecule is C=CCNC(=NCC(C)Oc1ccccc1Cl)NCC. The van der Waals surface area contributed by atoms with Crippen molar-refractivity contribution in [1.82, 2.24) is 10.6 Å². The summed E-state index contributed by atoms with van der Waals surface area (Å²) in [5, 5.41) is 6.91. The lowest BCUT2D eigenvalue weighted by Crippen LogP contribution is -2.38. The monoisotopic (exact) mass is 295 g/mol. The molecule has 0 aliphatic carbocycles. The molecular formula is C15H22ClN3O. The minimum absolute atomic E-state index is 0.0610. The van der Waals surface area contributed by atoms with Gasteiger partial charge >= 0.3 is 0 Å². The van der Waals surface area contributed by atoms with Gasteiger partial charge in [-0.25, -0.2) is 4.99 Å². The van der Waals surface area contributed by atoms with E-state index in [-0.39, 0.29) is 6.10 Å². The third-order valence-corrected chi connectivity index (χ3v) is 2.74. The van der Waals surface area contributed by atoms with Gasteiger partial charge in [-0.1, -0.05) is 29.8 Å². The van der Waals surface area contributed by atoms with Crippen LogP contribution >= 0.6 is 11.6 Å². The summed E-state index contributed by atoms with van der Waals surface area (Å²) in [6.45, 7) is 9.67.